The van der Waals surface area contributed by atoms with Crippen molar-refractivity contribution < 1.29 is 19.4 Å². The van der Waals surface area contributed by atoms with Crippen molar-refractivity contribution in [1.82, 2.24) is 0 Å². The van der Waals surface area contributed by atoms with Crippen molar-refractivity contribution in [3.05, 3.63) is 35.4 Å². The van der Waals surface area contributed by atoms with Crippen LogP contribution in [0.5, 0.6) is 0 Å². The minimum atomic E-state index is -1.42. The number of carbonyl (C=O) groups is 2. The molecule has 0 spiro atoms. The van der Waals surface area contributed by atoms with E-state index in [1.807, 2.05) is 13.0 Å². The minimum Gasteiger partial charge on any atom is -0.546 e. The van der Waals surface area contributed by atoms with E-state index in [0.717, 1.165) is 12.5 Å². The topological polar surface area (TPSA) is 66.4 Å². The number of aliphatic carboxylic acids is 1. The standard InChI is InChI=1S/C11H12O4/c1-7-4-3-5-9(6-7)10(11(13)14)15-8(2)12/h3-6,10H,1-2H3,(H,13,14)/p-1. The van der Waals surface area contributed by atoms with Crippen molar-refractivity contribution in [3.63, 3.8) is 0 Å². The number of benzene rings is 1. The van der Waals surface area contributed by atoms with Crippen molar-refractivity contribution in [1.29, 1.82) is 0 Å². The summed E-state index contributed by atoms with van der Waals surface area (Å²) in [5, 5.41) is 10.8. The molecule has 0 aliphatic heterocycles. The first-order chi connectivity index (χ1) is 7.00. The Kier molecular flexibility index (Phi) is 3.44. The Morgan fingerprint density at radius 2 is 2.07 bits per heavy atom. The van der Waals surface area contributed by atoms with Crippen LogP contribution in [0, 0.1) is 6.92 Å². The van der Waals surface area contributed by atoms with E-state index in [4.69, 9.17) is 0 Å². The van der Waals surface area contributed by atoms with E-state index in [2.05, 4.69) is 4.74 Å². The number of rotatable bonds is 3. The van der Waals surface area contributed by atoms with Gasteiger partial charge in [0.05, 0.1) is 5.97 Å². The average Bonchev–Trinajstić information content (AvgIpc) is 2.13. The third-order valence-corrected chi connectivity index (χ3v) is 1.84. The monoisotopic (exact) mass is 207 g/mol. The molecule has 1 atom stereocenters. The van der Waals surface area contributed by atoms with Gasteiger partial charge in [-0.15, -0.1) is 0 Å². The van der Waals surface area contributed by atoms with Crippen LogP contribution in [0.15, 0.2) is 24.3 Å². The first kappa shape index (κ1) is 11.2. The molecule has 0 heterocycles. The predicted octanol–water partition coefficient (Wildman–Crippen LogP) is 0.349. The van der Waals surface area contributed by atoms with Gasteiger partial charge in [0.2, 0.25) is 0 Å². The number of hydrogen-bond acceptors (Lipinski definition) is 4. The predicted molar refractivity (Wildman–Crippen MR) is 50.7 cm³/mol. The maximum atomic E-state index is 10.8. The Labute approximate surface area is 87.5 Å². The van der Waals surface area contributed by atoms with E-state index < -0.39 is 18.0 Å². The molecule has 4 heteroatoms. The number of carbonyl (C=O) groups excluding carboxylic acids is 2. The van der Waals surface area contributed by atoms with Crippen LogP contribution in [0.1, 0.15) is 24.2 Å². The van der Waals surface area contributed by atoms with Gasteiger partial charge in [0.1, 0.15) is 0 Å². The Hall–Kier alpha value is -1.84. The Morgan fingerprint density at radius 3 is 2.53 bits per heavy atom. The lowest BCUT2D eigenvalue weighted by molar-refractivity contribution is -0.316. The Morgan fingerprint density at radius 1 is 1.40 bits per heavy atom. The van der Waals surface area contributed by atoms with Gasteiger partial charge < -0.3 is 14.6 Å². The van der Waals surface area contributed by atoms with Gasteiger partial charge in [-0.1, -0.05) is 29.8 Å². The highest BCUT2D eigenvalue weighted by Gasteiger charge is 2.15. The Balaban J connectivity index is 2.98. The molecule has 1 aromatic carbocycles. The van der Waals surface area contributed by atoms with Crippen molar-refractivity contribution in [2.45, 2.75) is 20.0 Å². The molecule has 0 radical (unpaired) electrons. The maximum absolute atomic E-state index is 10.8. The number of carboxylic acids is 1. The SMILES string of the molecule is CC(=O)OC(C(=O)[O-])c1cccc(C)c1. The summed E-state index contributed by atoms with van der Waals surface area (Å²) in [7, 11) is 0. The maximum Gasteiger partial charge on any atom is 0.303 e. The molecule has 1 aromatic rings. The number of ether oxygens (including phenoxy) is 1. The fraction of sp³-hybridized carbons (Fsp3) is 0.273. The minimum absolute atomic E-state index is 0.408. The summed E-state index contributed by atoms with van der Waals surface area (Å²) in [5.74, 6) is -2.07. The lowest BCUT2D eigenvalue weighted by Gasteiger charge is -2.18. The van der Waals surface area contributed by atoms with Gasteiger partial charge in [-0.2, -0.15) is 0 Å². The summed E-state index contributed by atoms with van der Waals surface area (Å²) in [6.45, 7) is 2.98. The van der Waals surface area contributed by atoms with E-state index in [0.29, 0.717) is 5.56 Å². The zero-order valence-electron chi connectivity index (χ0n) is 8.52. The summed E-state index contributed by atoms with van der Waals surface area (Å²) in [6, 6.07) is 6.74. The second kappa shape index (κ2) is 4.59. The van der Waals surface area contributed by atoms with Crippen LogP contribution in [-0.4, -0.2) is 11.9 Å². The summed E-state index contributed by atoms with van der Waals surface area (Å²) < 4.78 is 4.65. The number of aryl methyl sites for hydroxylation is 1. The third kappa shape index (κ3) is 3.09. The summed E-state index contributed by atoms with van der Waals surface area (Å²) in [4.78, 5) is 21.5. The molecule has 0 aliphatic rings. The molecule has 0 bridgehead atoms. The molecule has 1 rings (SSSR count). The second-order valence-corrected chi connectivity index (χ2v) is 3.22. The van der Waals surface area contributed by atoms with Crippen LogP contribution in [0.25, 0.3) is 0 Å². The van der Waals surface area contributed by atoms with Crippen LogP contribution < -0.4 is 5.11 Å². The highest BCUT2D eigenvalue weighted by Crippen LogP contribution is 2.18. The van der Waals surface area contributed by atoms with E-state index >= 15 is 0 Å². The molecular formula is C11H11O4-. The van der Waals surface area contributed by atoms with E-state index in [1.54, 1.807) is 18.2 Å². The van der Waals surface area contributed by atoms with Crippen LogP contribution in [0.4, 0.5) is 0 Å². The fourth-order valence-corrected chi connectivity index (χ4v) is 1.25. The zero-order chi connectivity index (χ0) is 11.4. The number of carboxylic acid groups (broad SMARTS) is 1. The smallest absolute Gasteiger partial charge is 0.303 e. The quantitative estimate of drug-likeness (QED) is 0.671. The molecule has 0 amide bonds. The van der Waals surface area contributed by atoms with E-state index in [1.165, 1.54) is 0 Å². The largest absolute Gasteiger partial charge is 0.546 e. The van der Waals surface area contributed by atoms with Crippen molar-refractivity contribution in [2.24, 2.45) is 0 Å². The molecule has 0 saturated carbocycles. The molecular weight excluding hydrogens is 196 g/mol. The van der Waals surface area contributed by atoms with Crippen LogP contribution in [0.3, 0.4) is 0 Å². The average molecular weight is 207 g/mol. The fourth-order valence-electron chi connectivity index (χ4n) is 1.25. The molecule has 15 heavy (non-hydrogen) atoms. The first-order valence-corrected chi connectivity index (χ1v) is 4.45. The van der Waals surface area contributed by atoms with Crippen molar-refractivity contribution >= 4 is 11.9 Å². The van der Waals surface area contributed by atoms with Crippen LogP contribution >= 0.6 is 0 Å². The van der Waals surface area contributed by atoms with Gasteiger partial charge >= 0.3 is 5.97 Å². The second-order valence-electron chi connectivity index (χ2n) is 3.22. The molecule has 80 valence electrons. The molecule has 0 fully saturated rings. The van der Waals surface area contributed by atoms with Gasteiger partial charge in [-0.3, -0.25) is 4.79 Å². The van der Waals surface area contributed by atoms with Crippen LogP contribution in [-0.2, 0) is 14.3 Å². The van der Waals surface area contributed by atoms with E-state index in [9.17, 15) is 14.7 Å². The highest BCUT2D eigenvalue weighted by atomic mass is 16.6. The first-order valence-electron chi connectivity index (χ1n) is 4.45. The number of esters is 1. The molecule has 4 nitrogen and oxygen atoms in total. The van der Waals surface area contributed by atoms with Gasteiger partial charge in [0.25, 0.3) is 0 Å². The van der Waals surface area contributed by atoms with Crippen LogP contribution in [0.2, 0.25) is 0 Å². The molecule has 0 saturated heterocycles. The summed E-state index contributed by atoms with van der Waals surface area (Å²) in [6.07, 6.45) is -1.33. The molecule has 0 aliphatic carbocycles. The van der Waals surface area contributed by atoms with Crippen molar-refractivity contribution in [3.8, 4) is 0 Å². The molecule has 1 unspecified atom stereocenters. The van der Waals surface area contributed by atoms with Gasteiger partial charge in [0, 0.05) is 6.92 Å². The lowest BCUT2D eigenvalue weighted by atomic mass is 10.1. The van der Waals surface area contributed by atoms with Gasteiger partial charge in [-0.05, 0) is 12.5 Å². The zero-order valence-corrected chi connectivity index (χ0v) is 8.52. The number of hydrogen-bond donors (Lipinski definition) is 0. The normalized spacial score (nSPS) is 11.9. The van der Waals surface area contributed by atoms with Gasteiger partial charge in [-0.25, -0.2) is 0 Å². The summed E-state index contributed by atoms with van der Waals surface area (Å²) in [5.41, 5.74) is 1.30. The third-order valence-electron chi connectivity index (χ3n) is 1.84. The lowest BCUT2D eigenvalue weighted by Crippen LogP contribution is -2.32. The Bertz CT molecular complexity index is 384. The van der Waals surface area contributed by atoms with Gasteiger partial charge in [0.15, 0.2) is 6.10 Å². The highest BCUT2D eigenvalue weighted by molar-refractivity contribution is 5.77. The van der Waals surface area contributed by atoms with E-state index in [-0.39, 0.29) is 0 Å². The molecule has 0 aromatic heterocycles. The molecule has 0 N–H and O–H groups in total. The summed E-state index contributed by atoms with van der Waals surface area (Å²) >= 11 is 0. The van der Waals surface area contributed by atoms with Crippen molar-refractivity contribution in [2.75, 3.05) is 0 Å².